The van der Waals surface area contributed by atoms with Crippen LogP contribution >= 0.6 is 11.8 Å². The summed E-state index contributed by atoms with van der Waals surface area (Å²) in [6.45, 7) is 4.19. The fourth-order valence-corrected chi connectivity index (χ4v) is 2.12. The topological polar surface area (TPSA) is 115 Å². The molecule has 7 nitrogen and oxygen atoms in total. The van der Waals surface area contributed by atoms with Gasteiger partial charge in [-0.1, -0.05) is 30.8 Å². The van der Waals surface area contributed by atoms with Gasteiger partial charge in [0.2, 0.25) is 5.89 Å². The number of nitrogen functional groups attached to an aromatic ring is 1. The molecule has 0 saturated carbocycles. The summed E-state index contributed by atoms with van der Waals surface area (Å²) in [4.78, 5) is 12.4. The van der Waals surface area contributed by atoms with Gasteiger partial charge in [-0.15, -0.1) is 0 Å². The average Bonchev–Trinajstić information content (AvgIpc) is 2.83. The molecule has 0 radical (unpaired) electrons. The molecule has 104 valence electrons. The molecule has 0 aliphatic heterocycles. The van der Waals surface area contributed by atoms with Crippen molar-refractivity contribution in [1.29, 1.82) is 5.26 Å². The van der Waals surface area contributed by atoms with Crippen LogP contribution in [0.1, 0.15) is 31.1 Å². The summed E-state index contributed by atoms with van der Waals surface area (Å²) >= 11 is 1.33. The van der Waals surface area contributed by atoms with Crippen LogP contribution < -0.4 is 5.73 Å². The van der Waals surface area contributed by atoms with E-state index in [-0.39, 0.29) is 11.4 Å². The summed E-state index contributed by atoms with van der Waals surface area (Å²) in [5, 5.41) is 13.1. The molecule has 0 aromatic carbocycles. The quantitative estimate of drug-likeness (QED) is 0.654. The first-order valence-electron chi connectivity index (χ1n) is 6.05. The lowest BCUT2D eigenvalue weighted by Crippen LogP contribution is -1.98. The van der Waals surface area contributed by atoms with Crippen LogP contribution in [-0.4, -0.2) is 20.1 Å². The number of rotatable bonds is 5. The Morgan fingerprint density at radius 3 is 2.90 bits per heavy atom. The summed E-state index contributed by atoms with van der Waals surface area (Å²) in [6, 6.07) is 1.92. The number of nitrogens with zero attached hydrogens (tertiary/aromatic N) is 5. The van der Waals surface area contributed by atoms with Crippen molar-refractivity contribution in [2.24, 2.45) is 5.92 Å². The monoisotopic (exact) mass is 290 g/mol. The molecule has 0 amide bonds. The van der Waals surface area contributed by atoms with E-state index in [1.807, 2.05) is 6.07 Å². The maximum absolute atomic E-state index is 8.74. The van der Waals surface area contributed by atoms with Crippen LogP contribution in [0.25, 0.3) is 0 Å². The molecule has 2 N–H and O–H groups in total. The molecular formula is C12H14N6OS. The third-order valence-corrected chi connectivity index (χ3v) is 3.19. The second-order valence-electron chi connectivity index (χ2n) is 4.55. The van der Waals surface area contributed by atoms with E-state index in [0.717, 1.165) is 6.42 Å². The molecule has 8 heteroatoms. The largest absolute Gasteiger partial charge is 0.382 e. The fraction of sp³-hybridized carbons (Fsp3) is 0.417. The molecule has 20 heavy (non-hydrogen) atoms. The summed E-state index contributed by atoms with van der Waals surface area (Å²) in [5.41, 5.74) is 5.89. The Labute approximate surface area is 120 Å². The van der Waals surface area contributed by atoms with Crippen molar-refractivity contribution in [3.8, 4) is 6.07 Å². The van der Waals surface area contributed by atoms with Gasteiger partial charge >= 0.3 is 0 Å². The molecular weight excluding hydrogens is 276 g/mol. The first-order valence-corrected chi connectivity index (χ1v) is 7.04. The van der Waals surface area contributed by atoms with Gasteiger partial charge < -0.3 is 10.3 Å². The first kappa shape index (κ1) is 14.3. The highest BCUT2D eigenvalue weighted by molar-refractivity contribution is 7.98. The minimum atomic E-state index is 0.177. The molecule has 2 aromatic rings. The van der Waals surface area contributed by atoms with Gasteiger partial charge in [0.05, 0.1) is 11.9 Å². The van der Waals surface area contributed by atoms with E-state index in [1.165, 1.54) is 18.0 Å². The van der Waals surface area contributed by atoms with Crippen molar-refractivity contribution in [2.45, 2.75) is 31.2 Å². The summed E-state index contributed by atoms with van der Waals surface area (Å²) < 4.78 is 5.14. The van der Waals surface area contributed by atoms with E-state index in [2.05, 4.69) is 34.0 Å². The lowest BCUT2D eigenvalue weighted by atomic mass is 10.1. The third-order valence-electron chi connectivity index (χ3n) is 2.34. The third kappa shape index (κ3) is 3.68. The summed E-state index contributed by atoms with van der Waals surface area (Å²) in [5.74, 6) is 2.36. The molecule has 0 atom stereocenters. The van der Waals surface area contributed by atoms with Gasteiger partial charge in [0.15, 0.2) is 11.0 Å². The van der Waals surface area contributed by atoms with Crippen LogP contribution in [0.15, 0.2) is 15.9 Å². The highest BCUT2D eigenvalue weighted by Crippen LogP contribution is 2.20. The zero-order valence-electron chi connectivity index (χ0n) is 11.2. The minimum absolute atomic E-state index is 0.177. The Hall–Kier alpha value is -2.14. The number of hydrogen-bond acceptors (Lipinski definition) is 8. The van der Waals surface area contributed by atoms with E-state index in [4.69, 9.17) is 15.5 Å². The van der Waals surface area contributed by atoms with Gasteiger partial charge in [0.1, 0.15) is 17.5 Å². The lowest BCUT2D eigenvalue weighted by Gasteiger charge is -1.99. The van der Waals surface area contributed by atoms with E-state index in [1.54, 1.807) is 0 Å². The number of anilines is 1. The zero-order chi connectivity index (χ0) is 14.5. The van der Waals surface area contributed by atoms with Gasteiger partial charge in [0.25, 0.3) is 0 Å². The summed E-state index contributed by atoms with van der Waals surface area (Å²) in [7, 11) is 0. The highest BCUT2D eigenvalue weighted by Gasteiger charge is 2.10. The Kier molecular flexibility index (Phi) is 4.53. The lowest BCUT2D eigenvalue weighted by molar-refractivity contribution is 0.382. The first-order chi connectivity index (χ1) is 9.58. The van der Waals surface area contributed by atoms with Gasteiger partial charge in [-0.2, -0.15) is 10.2 Å². The Bertz CT molecular complexity index is 633. The number of nitriles is 1. The highest BCUT2D eigenvalue weighted by atomic mass is 32.2. The average molecular weight is 290 g/mol. The van der Waals surface area contributed by atoms with Crippen molar-refractivity contribution >= 4 is 17.6 Å². The normalized spacial score (nSPS) is 10.7. The van der Waals surface area contributed by atoms with Crippen LogP contribution in [0.2, 0.25) is 0 Å². The fourth-order valence-electron chi connectivity index (χ4n) is 1.46. The van der Waals surface area contributed by atoms with Gasteiger partial charge in [-0.25, -0.2) is 9.97 Å². The van der Waals surface area contributed by atoms with E-state index < -0.39 is 0 Å². The van der Waals surface area contributed by atoms with Crippen molar-refractivity contribution in [3.63, 3.8) is 0 Å². The Morgan fingerprint density at radius 1 is 1.45 bits per heavy atom. The molecule has 2 aromatic heterocycles. The molecule has 0 aliphatic carbocycles. The van der Waals surface area contributed by atoms with Crippen molar-refractivity contribution < 1.29 is 4.52 Å². The minimum Gasteiger partial charge on any atom is -0.382 e. The molecule has 0 saturated heterocycles. The van der Waals surface area contributed by atoms with Gasteiger partial charge in [-0.05, 0) is 5.92 Å². The SMILES string of the molecule is CC(C)Cc1noc(CSc2ncc(C#N)c(N)n2)n1. The molecule has 2 heterocycles. The smallest absolute Gasteiger partial charge is 0.237 e. The second kappa shape index (κ2) is 6.34. The standard InChI is InChI=1S/C12H14N6OS/c1-7(2)3-9-16-10(19-18-9)6-20-12-15-5-8(4-13)11(14)17-12/h5,7H,3,6H2,1-2H3,(H2,14,15,17). The van der Waals surface area contributed by atoms with Crippen LogP contribution in [0.3, 0.4) is 0 Å². The molecule has 0 spiro atoms. The predicted molar refractivity (Wildman–Crippen MR) is 73.6 cm³/mol. The van der Waals surface area contributed by atoms with Crippen LogP contribution in [0.5, 0.6) is 0 Å². The Balaban J connectivity index is 1.97. The van der Waals surface area contributed by atoms with Crippen molar-refractivity contribution in [3.05, 3.63) is 23.5 Å². The molecule has 0 unspecified atom stereocenters. The van der Waals surface area contributed by atoms with Crippen molar-refractivity contribution in [2.75, 3.05) is 5.73 Å². The molecule has 2 rings (SSSR count). The van der Waals surface area contributed by atoms with E-state index in [0.29, 0.717) is 28.5 Å². The number of nitrogens with two attached hydrogens (primary N) is 1. The maximum atomic E-state index is 8.74. The van der Waals surface area contributed by atoms with Crippen LogP contribution in [0.4, 0.5) is 5.82 Å². The molecule has 0 fully saturated rings. The van der Waals surface area contributed by atoms with Gasteiger partial charge in [-0.3, -0.25) is 0 Å². The predicted octanol–water partition coefficient (Wildman–Crippen LogP) is 1.80. The zero-order valence-corrected chi connectivity index (χ0v) is 12.0. The number of hydrogen-bond donors (Lipinski definition) is 1. The van der Waals surface area contributed by atoms with Crippen LogP contribution in [0, 0.1) is 17.2 Å². The van der Waals surface area contributed by atoms with Crippen molar-refractivity contribution in [1.82, 2.24) is 20.1 Å². The molecule has 0 aliphatic rings. The Morgan fingerprint density at radius 2 is 2.25 bits per heavy atom. The van der Waals surface area contributed by atoms with E-state index >= 15 is 0 Å². The number of aromatic nitrogens is 4. The maximum Gasteiger partial charge on any atom is 0.237 e. The summed E-state index contributed by atoms with van der Waals surface area (Å²) in [6.07, 6.45) is 2.19. The molecule has 0 bridgehead atoms. The van der Waals surface area contributed by atoms with Crippen LogP contribution in [-0.2, 0) is 12.2 Å². The van der Waals surface area contributed by atoms with Gasteiger partial charge in [0, 0.05) is 6.42 Å². The number of thioether (sulfide) groups is 1. The van der Waals surface area contributed by atoms with E-state index in [9.17, 15) is 0 Å². The second-order valence-corrected chi connectivity index (χ2v) is 5.50.